The molecule has 36 heavy (non-hydrogen) atoms. The fourth-order valence-corrected chi connectivity index (χ4v) is 3.59. The van der Waals surface area contributed by atoms with Gasteiger partial charge in [-0.1, -0.05) is 52.4 Å². The van der Waals surface area contributed by atoms with E-state index in [-0.39, 0.29) is 13.2 Å². The topological polar surface area (TPSA) is 82.9 Å². The minimum atomic E-state index is -0.704. The summed E-state index contributed by atoms with van der Waals surface area (Å²) in [6, 6.07) is 7.61. The molecule has 1 aromatic heterocycles. The van der Waals surface area contributed by atoms with Gasteiger partial charge in [0.05, 0.1) is 33.0 Å². The van der Waals surface area contributed by atoms with Crippen molar-refractivity contribution in [1.82, 2.24) is 9.97 Å². The maximum absolute atomic E-state index is 10.1. The van der Waals surface area contributed by atoms with Gasteiger partial charge < -0.3 is 24.1 Å². The molecule has 0 saturated heterocycles. The van der Waals surface area contributed by atoms with Crippen LogP contribution in [0.5, 0.6) is 5.75 Å². The Kier molecular flexibility index (Phi) is 16.8. The summed E-state index contributed by atoms with van der Waals surface area (Å²) < 4.78 is 22.0. The zero-order valence-electron chi connectivity index (χ0n) is 22.3. The van der Waals surface area contributed by atoms with Crippen molar-refractivity contribution < 1.29 is 24.1 Å². The van der Waals surface area contributed by atoms with Crippen molar-refractivity contribution in [3.8, 4) is 17.1 Å². The van der Waals surface area contributed by atoms with Crippen LogP contribution in [0.2, 0.25) is 0 Å². The standard InChI is InChI=1S/C29H46N2O5/c1-3-5-7-8-9-10-11-25-21-30-29(31-22-25)26-12-14-28(15-13-26)36-24-27(32)23-35-20-19-34-18-17-33-16-6-4-2/h12-15,21-22,27,32H,3-11,16-20,23-24H2,1-2H3/t27-/m0/s1. The van der Waals surface area contributed by atoms with Crippen LogP contribution < -0.4 is 4.74 Å². The van der Waals surface area contributed by atoms with E-state index in [9.17, 15) is 5.11 Å². The number of hydrogen-bond donors (Lipinski definition) is 1. The van der Waals surface area contributed by atoms with Crippen molar-refractivity contribution in [3.63, 3.8) is 0 Å². The van der Waals surface area contributed by atoms with Gasteiger partial charge in [-0.15, -0.1) is 0 Å². The summed E-state index contributed by atoms with van der Waals surface area (Å²) in [5.41, 5.74) is 2.13. The average Bonchev–Trinajstić information content (AvgIpc) is 2.91. The highest BCUT2D eigenvalue weighted by Gasteiger charge is 2.07. The molecule has 0 unspecified atom stereocenters. The van der Waals surface area contributed by atoms with Gasteiger partial charge >= 0.3 is 0 Å². The van der Waals surface area contributed by atoms with Crippen LogP contribution in [0.25, 0.3) is 11.4 Å². The highest BCUT2D eigenvalue weighted by atomic mass is 16.5. The summed E-state index contributed by atoms with van der Waals surface area (Å²) in [6.45, 7) is 7.60. The molecule has 1 atom stereocenters. The van der Waals surface area contributed by atoms with E-state index in [1.807, 2.05) is 36.7 Å². The Balaban J connectivity index is 1.57. The quantitative estimate of drug-likeness (QED) is 0.209. The summed E-state index contributed by atoms with van der Waals surface area (Å²) in [6.07, 6.45) is 14.1. The zero-order valence-corrected chi connectivity index (χ0v) is 22.3. The fraction of sp³-hybridized carbons (Fsp3) is 0.655. The van der Waals surface area contributed by atoms with Crippen molar-refractivity contribution in [2.24, 2.45) is 0 Å². The van der Waals surface area contributed by atoms with Gasteiger partial charge in [-0.3, -0.25) is 0 Å². The van der Waals surface area contributed by atoms with Crippen molar-refractivity contribution in [2.45, 2.75) is 77.7 Å². The molecule has 1 N–H and O–H groups in total. The lowest BCUT2D eigenvalue weighted by Crippen LogP contribution is -2.24. The number of aliphatic hydroxyl groups excluding tert-OH is 1. The smallest absolute Gasteiger partial charge is 0.159 e. The molecule has 0 radical (unpaired) electrons. The molecule has 0 aliphatic carbocycles. The van der Waals surface area contributed by atoms with E-state index in [4.69, 9.17) is 18.9 Å². The van der Waals surface area contributed by atoms with Crippen molar-refractivity contribution >= 4 is 0 Å². The van der Waals surface area contributed by atoms with Gasteiger partial charge in [0.15, 0.2) is 5.82 Å². The number of benzene rings is 1. The number of aliphatic hydroxyl groups is 1. The summed E-state index contributed by atoms with van der Waals surface area (Å²) in [5, 5.41) is 10.1. The molecule has 2 rings (SSSR count). The third-order valence-electron chi connectivity index (χ3n) is 5.78. The maximum atomic E-state index is 10.1. The largest absolute Gasteiger partial charge is 0.491 e. The number of aryl methyl sites for hydroxylation is 1. The number of nitrogens with zero attached hydrogens (tertiary/aromatic N) is 2. The van der Waals surface area contributed by atoms with Crippen LogP contribution >= 0.6 is 0 Å². The number of aromatic nitrogens is 2. The third kappa shape index (κ3) is 13.9. The van der Waals surface area contributed by atoms with Crippen LogP contribution in [0.4, 0.5) is 0 Å². The molecule has 0 aliphatic heterocycles. The SMILES string of the molecule is CCCCCCCCc1cnc(-c2ccc(OC[C@@H](O)COCCOCCOCCCC)cc2)nc1. The van der Waals surface area contributed by atoms with Gasteiger partial charge in [-0.05, 0) is 49.1 Å². The fourth-order valence-electron chi connectivity index (χ4n) is 3.59. The molecular formula is C29H46N2O5. The minimum absolute atomic E-state index is 0.162. The van der Waals surface area contributed by atoms with E-state index in [1.54, 1.807) is 0 Å². The first-order chi connectivity index (χ1) is 17.7. The summed E-state index contributed by atoms with van der Waals surface area (Å²) in [7, 11) is 0. The summed E-state index contributed by atoms with van der Waals surface area (Å²) >= 11 is 0. The minimum Gasteiger partial charge on any atom is -0.491 e. The Morgan fingerprint density at radius 1 is 0.694 bits per heavy atom. The van der Waals surface area contributed by atoms with Crippen LogP contribution in [-0.4, -0.2) is 67.4 Å². The molecule has 2 aromatic rings. The first kappa shape index (κ1) is 30.2. The Labute approximate surface area is 217 Å². The highest BCUT2D eigenvalue weighted by molar-refractivity contribution is 5.55. The van der Waals surface area contributed by atoms with Crippen molar-refractivity contribution in [1.29, 1.82) is 0 Å². The van der Waals surface area contributed by atoms with Gasteiger partial charge in [0.25, 0.3) is 0 Å². The maximum Gasteiger partial charge on any atom is 0.159 e. The normalized spacial score (nSPS) is 12.1. The molecule has 0 aliphatic rings. The number of ether oxygens (including phenoxy) is 4. The molecule has 0 amide bonds. The van der Waals surface area contributed by atoms with E-state index in [0.29, 0.717) is 38.0 Å². The first-order valence-electron chi connectivity index (χ1n) is 13.7. The molecule has 0 bridgehead atoms. The van der Waals surface area contributed by atoms with Gasteiger partial charge in [-0.2, -0.15) is 0 Å². The third-order valence-corrected chi connectivity index (χ3v) is 5.78. The van der Waals surface area contributed by atoms with Gasteiger partial charge in [-0.25, -0.2) is 9.97 Å². The van der Waals surface area contributed by atoms with Crippen LogP contribution in [0.3, 0.4) is 0 Å². The Morgan fingerprint density at radius 3 is 2.00 bits per heavy atom. The van der Waals surface area contributed by atoms with Crippen LogP contribution in [-0.2, 0) is 20.6 Å². The monoisotopic (exact) mass is 502 g/mol. The van der Waals surface area contributed by atoms with Crippen LogP contribution in [0.1, 0.15) is 70.8 Å². The van der Waals surface area contributed by atoms with Crippen LogP contribution in [0.15, 0.2) is 36.7 Å². The Bertz CT molecular complexity index is 770. The molecule has 7 nitrogen and oxygen atoms in total. The van der Waals surface area contributed by atoms with Crippen molar-refractivity contribution in [3.05, 3.63) is 42.2 Å². The predicted molar refractivity (Wildman–Crippen MR) is 143 cm³/mol. The van der Waals surface area contributed by atoms with Gasteiger partial charge in [0.1, 0.15) is 18.5 Å². The van der Waals surface area contributed by atoms with E-state index in [0.717, 1.165) is 31.4 Å². The molecule has 1 heterocycles. The molecule has 7 heteroatoms. The number of unbranched alkanes of at least 4 members (excludes halogenated alkanes) is 6. The highest BCUT2D eigenvalue weighted by Crippen LogP contribution is 2.20. The molecular weight excluding hydrogens is 456 g/mol. The second-order valence-electron chi connectivity index (χ2n) is 9.08. The lowest BCUT2D eigenvalue weighted by atomic mass is 10.1. The first-order valence-corrected chi connectivity index (χ1v) is 13.7. The molecule has 0 fully saturated rings. The summed E-state index contributed by atoms with van der Waals surface area (Å²) in [5.74, 6) is 1.39. The van der Waals surface area contributed by atoms with Crippen LogP contribution in [0, 0.1) is 0 Å². The second kappa shape index (κ2) is 20.0. The van der Waals surface area contributed by atoms with E-state index in [1.165, 1.54) is 44.1 Å². The molecule has 0 spiro atoms. The lowest BCUT2D eigenvalue weighted by Gasteiger charge is -2.13. The Hall–Kier alpha value is -2.06. The average molecular weight is 503 g/mol. The van der Waals surface area contributed by atoms with E-state index < -0.39 is 6.10 Å². The van der Waals surface area contributed by atoms with Crippen molar-refractivity contribution in [2.75, 3.05) is 46.2 Å². The zero-order chi connectivity index (χ0) is 25.7. The van der Waals surface area contributed by atoms with Gasteiger partial charge in [0, 0.05) is 24.6 Å². The predicted octanol–water partition coefficient (Wildman–Crippen LogP) is 5.64. The van der Waals surface area contributed by atoms with E-state index >= 15 is 0 Å². The Morgan fingerprint density at radius 2 is 1.31 bits per heavy atom. The second-order valence-corrected chi connectivity index (χ2v) is 9.08. The number of rotatable bonds is 22. The molecule has 0 saturated carbocycles. The number of hydrogen-bond acceptors (Lipinski definition) is 7. The molecule has 202 valence electrons. The van der Waals surface area contributed by atoms with Gasteiger partial charge in [0.2, 0.25) is 0 Å². The summed E-state index contributed by atoms with van der Waals surface area (Å²) in [4.78, 5) is 9.06. The van der Waals surface area contributed by atoms with E-state index in [2.05, 4.69) is 23.8 Å². The molecule has 1 aromatic carbocycles. The lowest BCUT2D eigenvalue weighted by molar-refractivity contribution is -0.0199.